The number of aromatic nitrogens is 1. The van der Waals surface area contributed by atoms with Crippen molar-refractivity contribution in [2.24, 2.45) is 0 Å². The number of anilines is 1. The van der Waals surface area contributed by atoms with Crippen LogP contribution in [0.3, 0.4) is 0 Å². The number of para-hydroxylation sites is 1. The summed E-state index contributed by atoms with van der Waals surface area (Å²) >= 11 is 4.99. The van der Waals surface area contributed by atoms with Crippen LogP contribution in [-0.2, 0) is 4.79 Å². The fourth-order valence-electron chi connectivity index (χ4n) is 3.36. The summed E-state index contributed by atoms with van der Waals surface area (Å²) in [5.74, 6) is 1.70. The van der Waals surface area contributed by atoms with Gasteiger partial charge in [0.25, 0.3) is 0 Å². The summed E-state index contributed by atoms with van der Waals surface area (Å²) in [6, 6.07) is 14.2. The Labute approximate surface area is 203 Å². The minimum absolute atomic E-state index is 0.128. The van der Waals surface area contributed by atoms with E-state index >= 15 is 0 Å². The normalized spacial score (nSPS) is 11.3. The molecule has 3 aromatic rings. The molecule has 0 atom stereocenters. The zero-order valence-electron chi connectivity index (χ0n) is 19.2. The number of carbonyl (C=O) groups excluding carboxylic acids is 1. The van der Waals surface area contributed by atoms with Gasteiger partial charge < -0.3 is 9.64 Å². The smallest absolute Gasteiger partial charge is 0.229 e. The third-order valence-electron chi connectivity index (χ3n) is 5.30. The van der Waals surface area contributed by atoms with E-state index in [0.29, 0.717) is 13.0 Å². The van der Waals surface area contributed by atoms with Crippen LogP contribution < -0.4 is 9.64 Å². The van der Waals surface area contributed by atoms with Crippen molar-refractivity contribution in [1.29, 1.82) is 0 Å². The van der Waals surface area contributed by atoms with Gasteiger partial charge >= 0.3 is 0 Å². The second kappa shape index (κ2) is 12.5. The predicted molar refractivity (Wildman–Crippen MR) is 140 cm³/mol. The highest BCUT2D eigenvalue weighted by Crippen LogP contribution is 2.34. The highest BCUT2D eigenvalue weighted by atomic mass is 32.2. The average molecular weight is 490 g/mol. The van der Waals surface area contributed by atoms with Gasteiger partial charge in [-0.3, -0.25) is 9.69 Å². The lowest BCUT2D eigenvalue weighted by Crippen LogP contribution is -2.39. The van der Waals surface area contributed by atoms with E-state index in [0.717, 1.165) is 56.3 Å². The lowest BCUT2D eigenvalue weighted by molar-refractivity contribution is -0.118. The van der Waals surface area contributed by atoms with Crippen LogP contribution in [0, 0.1) is 0 Å². The van der Waals surface area contributed by atoms with Gasteiger partial charge in [0.2, 0.25) is 5.91 Å². The number of methoxy groups -OCH3 is 1. The summed E-state index contributed by atoms with van der Waals surface area (Å²) in [6.07, 6.45) is 2.54. The monoisotopic (exact) mass is 489 g/mol. The zero-order chi connectivity index (χ0) is 22.9. The van der Waals surface area contributed by atoms with Crippen LogP contribution in [-0.4, -0.2) is 61.1 Å². The molecule has 0 fully saturated rings. The maximum absolute atomic E-state index is 13.3. The third kappa shape index (κ3) is 6.41. The largest absolute Gasteiger partial charge is 0.497 e. The molecule has 0 N–H and O–H groups in total. The molecule has 0 saturated carbocycles. The summed E-state index contributed by atoms with van der Waals surface area (Å²) in [5.41, 5.74) is 0.994. The second-order valence-corrected chi connectivity index (χ2v) is 10.2. The maximum atomic E-state index is 13.3. The molecule has 0 radical (unpaired) electrons. The van der Waals surface area contributed by atoms with Gasteiger partial charge in [0, 0.05) is 35.1 Å². The van der Waals surface area contributed by atoms with E-state index in [4.69, 9.17) is 9.72 Å². The Hall–Kier alpha value is -1.74. The molecule has 172 valence electrons. The van der Waals surface area contributed by atoms with Crippen LogP contribution in [0.1, 0.15) is 20.3 Å². The first kappa shape index (κ1) is 24.9. The lowest BCUT2D eigenvalue weighted by Gasteiger charge is -2.24. The Morgan fingerprint density at radius 3 is 2.50 bits per heavy atom. The molecule has 32 heavy (non-hydrogen) atoms. The highest BCUT2D eigenvalue weighted by Gasteiger charge is 2.21. The molecule has 0 saturated heterocycles. The summed E-state index contributed by atoms with van der Waals surface area (Å²) in [7, 11) is 1.66. The van der Waals surface area contributed by atoms with Gasteiger partial charge in [-0.1, -0.05) is 31.3 Å². The number of fused-ring (bicyclic) bond motifs is 1. The average Bonchev–Trinajstić information content (AvgIpc) is 3.26. The Kier molecular flexibility index (Phi) is 9.71. The first-order valence-electron chi connectivity index (χ1n) is 10.8. The van der Waals surface area contributed by atoms with Gasteiger partial charge in [0.05, 0.1) is 17.3 Å². The predicted octanol–water partition coefficient (Wildman–Crippen LogP) is 5.88. The van der Waals surface area contributed by atoms with Crippen LogP contribution >= 0.6 is 34.9 Å². The maximum Gasteiger partial charge on any atom is 0.229 e. The van der Waals surface area contributed by atoms with Crippen LogP contribution in [0.5, 0.6) is 5.75 Å². The lowest BCUT2D eigenvalue weighted by atomic mass is 10.3. The van der Waals surface area contributed by atoms with Gasteiger partial charge in [-0.05, 0) is 55.7 Å². The van der Waals surface area contributed by atoms with E-state index in [-0.39, 0.29) is 5.91 Å². The number of thioether (sulfide) groups is 2. The minimum atomic E-state index is 0.128. The zero-order valence-corrected chi connectivity index (χ0v) is 21.6. The summed E-state index contributed by atoms with van der Waals surface area (Å²) in [4.78, 5) is 24.7. The SMILES string of the molecule is CCN(CC)CCN(C(=O)CCSc1ccc(OC)cc1)c1nc2c(SC)cccc2s1. The van der Waals surface area contributed by atoms with Crippen LogP contribution in [0.4, 0.5) is 5.13 Å². The highest BCUT2D eigenvalue weighted by molar-refractivity contribution is 7.99. The van der Waals surface area contributed by atoms with Gasteiger partial charge in [-0.2, -0.15) is 0 Å². The van der Waals surface area contributed by atoms with Crippen molar-refractivity contribution >= 4 is 56.1 Å². The fraction of sp³-hybridized carbons (Fsp3) is 0.417. The Balaban J connectivity index is 1.73. The van der Waals surface area contributed by atoms with Crippen molar-refractivity contribution in [1.82, 2.24) is 9.88 Å². The molecule has 0 unspecified atom stereocenters. The summed E-state index contributed by atoms with van der Waals surface area (Å²) in [5, 5.41) is 0.799. The topological polar surface area (TPSA) is 45.7 Å². The summed E-state index contributed by atoms with van der Waals surface area (Å²) in [6.45, 7) is 7.76. The van der Waals surface area contributed by atoms with Crippen molar-refractivity contribution in [3.63, 3.8) is 0 Å². The van der Waals surface area contributed by atoms with Crippen molar-refractivity contribution in [2.75, 3.05) is 50.2 Å². The molecule has 0 aliphatic rings. The molecule has 0 aliphatic carbocycles. The minimum Gasteiger partial charge on any atom is -0.497 e. The van der Waals surface area contributed by atoms with E-state index in [1.54, 1.807) is 42.0 Å². The molecule has 1 heterocycles. The number of benzene rings is 2. The standard InChI is InChI=1S/C24H31N3O2S3/c1-5-26(6-2)15-16-27(24-25-23-20(30-4)8-7-9-21(23)32-24)22(28)14-17-31-19-12-10-18(29-3)11-13-19/h7-13H,5-6,14-17H2,1-4H3. The molecule has 2 aromatic carbocycles. The molecule has 0 bridgehead atoms. The number of hydrogen-bond acceptors (Lipinski definition) is 7. The number of amides is 1. The molecule has 3 rings (SSSR count). The number of likely N-dealkylation sites (N-methyl/N-ethyl adjacent to an activating group) is 1. The third-order valence-corrected chi connectivity index (χ3v) is 8.13. The van der Waals surface area contributed by atoms with Crippen molar-refractivity contribution < 1.29 is 9.53 Å². The van der Waals surface area contributed by atoms with E-state index in [9.17, 15) is 4.79 Å². The van der Waals surface area contributed by atoms with Gasteiger partial charge in [-0.25, -0.2) is 4.98 Å². The van der Waals surface area contributed by atoms with Gasteiger partial charge in [0.1, 0.15) is 5.75 Å². The summed E-state index contributed by atoms with van der Waals surface area (Å²) < 4.78 is 6.34. The first-order chi connectivity index (χ1) is 15.6. The van der Waals surface area contributed by atoms with Gasteiger partial charge in [-0.15, -0.1) is 23.5 Å². The van der Waals surface area contributed by atoms with E-state index in [1.165, 1.54) is 0 Å². The molecule has 1 amide bonds. The van der Waals surface area contributed by atoms with E-state index < -0.39 is 0 Å². The van der Waals surface area contributed by atoms with Crippen molar-refractivity contribution in [3.05, 3.63) is 42.5 Å². The molecular weight excluding hydrogens is 458 g/mol. The molecule has 1 aromatic heterocycles. The first-order valence-corrected chi connectivity index (χ1v) is 13.8. The van der Waals surface area contributed by atoms with E-state index in [2.05, 4.69) is 43.2 Å². The quantitative estimate of drug-likeness (QED) is 0.296. The molecule has 8 heteroatoms. The second-order valence-electron chi connectivity index (χ2n) is 7.15. The van der Waals surface area contributed by atoms with Crippen LogP contribution in [0.25, 0.3) is 10.2 Å². The number of carbonyl (C=O) groups is 1. The molecule has 5 nitrogen and oxygen atoms in total. The Bertz CT molecular complexity index is 1000. The number of ether oxygens (including phenoxy) is 1. The molecule has 0 spiro atoms. The van der Waals surface area contributed by atoms with Crippen LogP contribution in [0.15, 0.2) is 52.3 Å². The number of hydrogen-bond donors (Lipinski definition) is 0. The molecule has 0 aliphatic heterocycles. The Morgan fingerprint density at radius 1 is 1.09 bits per heavy atom. The van der Waals surface area contributed by atoms with Crippen molar-refractivity contribution in [3.8, 4) is 5.75 Å². The van der Waals surface area contributed by atoms with Gasteiger partial charge in [0.15, 0.2) is 5.13 Å². The van der Waals surface area contributed by atoms with E-state index in [1.807, 2.05) is 29.2 Å². The fourth-order valence-corrected chi connectivity index (χ4v) is 5.87. The molecular formula is C24H31N3O2S3. The number of rotatable bonds is 12. The van der Waals surface area contributed by atoms with Crippen molar-refractivity contribution in [2.45, 2.75) is 30.1 Å². The number of thiazole rings is 1. The van der Waals surface area contributed by atoms with Crippen LogP contribution in [0.2, 0.25) is 0 Å². The number of nitrogens with zero attached hydrogens (tertiary/aromatic N) is 3. The Morgan fingerprint density at radius 2 is 1.84 bits per heavy atom.